The maximum atomic E-state index is 9.93. The van der Waals surface area contributed by atoms with Gasteiger partial charge in [0, 0.05) is 6.04 Å². The molecular weight excluding hydrogens is 246 g/mol. The van der Waals surface area contributed by atoms with Crippen LogP contribution in [-0.2, 0) is 0 Å². The molecule has 1 fully saturated rings. The smallest absolute Gasteiger partial charge is 0.118 e. The molecule has 0 heterocycles. The summed E-state index contributed by atoms with van der Waals surface area (Å²) in [5.41, 5.74) is -1.94. The van der Waals surface area contributed by atoms with Crippen molar-refractivity contribution in [2.45, 2.75) is 42.4 Å². The lowest BCUT2D eigenvalue weighted by Gasteiger charge is -2.46. The van der Waals surface area contributed by atoms with Crippen molar-refractivity contribution in [3.8, 4) is 0 Å². The van der Waals surface area contributed by atoms with E-state index in [0.717, 1.165) is 0 Å². The highest BCUT2D eigenvalue weighted by atomic mass is 16.4. The highest BCUT2D eigenvalue weighted by Gasteiger charge is 2.51. The van der Waals surface area contributed by atoms with Crippen LogP contribution in [0, 0.1) is 0 Å². The van der Waals surface area contributed by atoms with Gasteiger partial charge < -0.3 is 41.1 Å². The second-order valence-corrected chi connectivity index (χ2v) is 4.73. The van der Waals surface area contributed by atoms with Gasteiger partial charge in [0.15, 0.2) is 0 Å². The van der Waals surface area contributed by atoms with Crippen LogP contribution in [0.1, 0.15) is 6.42 Å². The lowest BCUT2D eigenvalue weighted by Crippen LogP contribution is -2.68. The topological polar surface area (TPSA) is 154 Å². The maximum Gasteiger partial charge on any atom is 0.118 e. The van der Waals surface area contributed by atoms with Gasteiger partial charge in [0.05, 0.1) is 32.0 Å². The Hall–Kier alpha value is -0.320. The summed E-state index contributed by atoms with van der Waals surface area (Å²) in [5, 5.41) is 68.4. The zero-order valence-electron chi connectivity index (χ0n) is 9.85. The second-order valence-electron chi connectivity index (χ2n) is 4.73. The van der Waals surface area contributed by atoms with Crippen molar-refractivity contribution in [1.82, 2.24) is 5.32 Å². The molecule has 0 aliphatic heterocycles. The van der Waals surface area contributed by atoms with Gasteiger partial charge in [-0.15, -0.1) is 0 Å². The Morgan fingerprint density at radius 2 is 1.61 bits per heavy atom. The predicted molar refractivity (Wildman–Crippen MR) is 59.6 cm³/mol. The predicted octanol–water partition coefficient (Wildman–Crippen LogP) is -4.49. The Bertz CT molecular complexity index is 263. The molecule has 108 valence electrons. The summed E-state index contributed by atoms with van der Waals surface area (Å²) in [5.74, 6) is 0. The van der Waals surface area contributed by atoms with Gasteiger partial charge in [-0.1, -0.05) is 0 Å². The molecule has 1 rings (SSSR count). The van der Waals surface area contributed by atoms with Gasteiger partial charge in [0.25, 0.3) is 0 Å². The number of hydrogen-bond donors (Lipinski definition) is 8. The summed E-state index contributed by atoms with van der Waals surface area (Å²) in [6.07, 6.45) is -4.91. The number of hydrogen-bond acceptors (Lipinski definition) is 8. The summed E-state index contributed by atoms with van der Waals surface area (Å²) < 4.78 is 0. The molecule has 18 heavy (non-hydrogen) atoms. The second kappa shape index (κ2) is 6.22. The Morgan fingerprint density at radius 1 is 1.06 bits per heavy atom. The lowest BCUT2D eigenvalue weighted by atomic mass is 9.76. The first-order chi connectivity index (χ1) is 8.39. The first kappa shape index (κ1) is 15.7. The highest BCUT2D eigenvalue weighted by Crippen LogP contribution is 2.29. The molecule has 8 N–H and O–H groups in total. The van der Waals surface area contributed by atoms with E-state index in [1.165, 1.54) is 0 Å². The number of aliphatic hydroxyl groups is 7. The van der Waals surface area contributed by atoms with Gasteiger partial charge in [-0.05, 0) is 6.42 Å². The average Bonchev–Trinajstić information content (AvgIpc) is 2.39. The molecule has 8 nitrogen and oxygen atoms in total. The van der Waals surface area contributed by atoms with Gasteiger partial charge >= 0.3 is 0 Å². The molecule has 0 aromatic rings. The molecule has 0 aromatic carbocycles. The van der Waals surface area contributed by atoms with Gasteiger partial charge in [-0.25, -0.2) is 0 Å². The molecule has 0 bridgehead atoms. The summed E-state index contributed by atoms with van der Waals surface area (Å²) >= 11 is 0. The third kappa shape index (κ3) is 2.98. The molecule has 0 aromatic heterocycles. The summed E-state index contributed by atoms with van der Waals surface area (Å²) in [7, 11) is 0. The van der Waals surface area contributed by atoms with Crippen molar-refractivity contribution in [2.24, 2.45) is 0 Å². The lowest BCUT2D eigenvalue weighted by molar-refractivity contribution is -0.207. The van der Waals surface area contributed by atoms with E-state index in [-0.39, 0.29) is 6.42 Å². The molecule has 0 unspecified atom stereocenters. The van der Waals surface area contributed by atoms with Gasteiger partial charge in [0.2, 0.25) is 0 Å². The van der Waals surface area contributed by atoms with Crippen LogP contribution in [-0.4, -0.2) is 91.6 Å². The Balaban J connectivity index is 2.79. The van der Waals surface area contributed by atoms with Crippen molar-refractivity contribution >= 4 is 0 Å². The highest BCUT2D eigenvalue weighted by molar-refractivity contribution is 5.05. The molecule has 0 amide bonds. The molecule has 1 aliphatic carbocycles. The molecule has 1 saturated carbocycles. The molecular formula is C10H21NO7. The van der Waals surface area contributed by atoms with E-state index < -0.39 is 55.8 Å². The fourth-order valence-electron chi connectivity index (χ4n) is 2.15. The van der Waals surface area contributed by atoms with E-state index in [4.69, 9.17) is 15.3 Å². The fourth-order valence-corrected chi connectivity index (χ4v) is 2.15. The van der Waals surface area contributed by atoms with Crippen LogP contribution >= 0.6 is 0 Å². The third-order valence-electron chi connectivity index (χ3n) is 3.37. The monoisotopic (exact) mass is 267 g/mol. The van der Waals surface area contributed by atoms with Crippen molar-refractivity contribution in [3.63, 3.8) is 0 Å². The molecule has 0 saturated heterocycles. The van der Waals surface area contributed by atoms with E-state index in [2.05, 4.69) is 5.32 Å². The number of rotatable bonds is 5. The van der Waals surface area contributed by atoms with E-state index in [1.54, 1.807) is 0 Å². The summed E-state index contributed by atoms with van der Waals surface area (Å²) in [6, 6.07) is -1.60. The van der Waals surface area contributed by atoms with Crippen molar-refractivity contribution in [1.29, 1.82) is 0 Å². The van der Waals surface area contributed by atoms with Crippen LogP contribution in [0.2, 0.25) is 0 Å². The normalized spacial score (nSPS) is 41.3. The van der Waals surface area contributed by atoms with Crippen LogP contribution < -0.4 is 5.32 Å². The Kier molecular flexibility index (Phi) is 5.44. The molecule has 0 radical (unpaired) electrons. The van der Waals surface area contributed by atoms with Crippen LogP contribution in [0.5, 0.6) is 0 Å². The van der Waals surface area contributed by atoms with Gasteiger partial charge in [0.1, 0.15) is 17.8 Å². The quantitative estimate of drug-likeness (QED) is 0.248. The largest absolute Gasteiger partial charge is 0.395 e. The molecule has 8 heteroatoms. The SMILES string of the molecule is OCC(CO)N[C@@H]1C[C@](O)(CO)[C@H](O)[C@H](O)[C@@H]1O. The zero-order chi connectivity index (χ0) is 13.9. The van der Waals surface area contributed by atoms with Crippen LogP contribution in [0.3, 0.4) is 0 Å². The number of nitrogens with one attached hydrogen (secondary N) is 1. The number of aliphatic hydroxyl groups excluding tert-OH is 6. The first-order valence-corrected chi connectivity index (χ1v) is 5.74. The minimum Gasteiger partial charge on any atom is -0.395 e. The van der Waals surface area contributed by atoms with Crippen LogP contribution in [0.15, 0.2) is 0 Å². The summed E-state index contributed by atoms with van der Waals surface area (Å²) in [6.45, 7) is -1.56. The van der Waals surface area contributed by atoms with E-state index in [9.17, 15) is 20.4 Å². The summed E-state index contributed by atoms with van der Waals surface area (Å²) in [4.78, 5) is 0. The van der Waals surface area contributed by atoms with Gasteiger partial charge in [-0.2, -0.15) is 0 Å². The van der Waals surface area contributed by atoms with Gasteiger partial charge in [-0.3, -0.25) is 0 Å². The van der Waals surface area contributed by atoms with Crippen molar-refractivity contribution in [2.75, 3.05) is 19.8 Å². The average molecular weight is 267 g/mol. The fraction of sp³-hybridized carbons (Fsp3) is 1.00. The van der Waals surface area contributed by atoms with Crippen LogP contribution in [0.25, 0.3) is 0 Å². The molecule has 0 spiro atoms. The Morgan fingerprint density at radius 3 is 2.06 bits per heavy atom. The standard InChI is InChI=1S/C10H21NO7/c12-2-5(3-13)11-6-1-10(18,4-14)9(17)8(16)7(6)15/h5-9,11-18H,1-4H2/t6-,7-,8-,9-,10+/m1/s1. The minimum absolute atomic E-state index is 0.223. The van der Waals surface area contributed by atoms with Crippen molar-refractivity contribution < 1.29 is 35.7 Å². The molecule has 5 atom stereocenters. The first-order valence-electron chi connectivity index (χ1n) is 5.74. The third-order valence-corrected chi connectivity index (χ3v) is 3.37. The minimum atomic E-state index is -1.94. The molecule has 1 aliphatic rings. The van der Waals surface area contributed by atoms with Crippen LogP contribution in [0.4, 0.5) is 0 Å². The van der Waals surface area contributed by atoms with E-state index in [1.807, 2.05) is 0 Å². The zero-order valence-corrected chi connectivity index (χ0v) is 9.85. The van der Waals surface area contributed by atoms with E-state index >= 15 is 0 Å². The Labute approximate surface area is 104 Å². The van der Waals surface area contributed by atoms with E-state index in [0.29, 0.717) is 0 Å². The van der Waals surface area contributed by atoms with Crippen molar-refractivity contribution in [3.05, 3.63) is 0 Å². The maximum absolute atomic E-state index is 9.93.